The van der Waals surface area contributed by atoms with E-state index in [0.717, 1.165) is 12.1 Å². The standard InChI is InChI=1S/C13H7BrF3NO3/c14-12-9(18(19)20)6-7-10(11(12)13(15,16)17)21-8-4-2-1-3-5-8/h1-7H. The molecule has 8 heteroatoms. The quantitative estimate of drug-likeness (QED) is 0.559. The fourth-order valence-corrected chi connectivity index (χ4v) is 2.35. The highest BCUT2D eigenvalue weighted by molar-refractivity contribution is 9.10. The van der Waals surface area contributed by atoms with Crippen molar-refractivity contribution in [3.63, 3.8) is 0 Å². The lowest BCUT2D eigenvalue weighted by Gasteiger charge is -2.15. The largest absolute Gasteiger partial charge is 0.457 e. The molecule has 0 aliphatic rings. The van der Waals surface area contributed by atoms with Gasteiger partial charge >= 0.3 is 6.18 Å². The average Bonchev–Trinajstić information content (AvgIpc) is 2.38. The third-order valence-electron chi connectivity index (χ3n) is 2.53. The van der Waals surface area contributed by atoms with Crippen LogP contribution in [0, 0.1) is 10.1 Å². The summed E-state index contributed by atoms with van der Waals surface area (Å²) < 4.78 is 43.9. The number of alkyl halides is 3. The number of ether oxygens (including phenoxy) is 1. The first-order chi connectivity index (χ1) is 9.80. The zero-order valence-electron chi connectivity index (χ0n) is 10.2. The maximum Gasteiger partial charge on any atom is 0.421 e. The number of hydrogen-bond acceptors (Lipinski definition) is 3. The Balaban J connectivity index is 2.56. The van der Waals surface area contributed by atoms with Crippen molar-refractivity contribution in [2.45, 2.75) is 6.18 Å². The molecule has 2 rings (SSSR count). The molecular weight excluding hydrogens is 355 g/mol. The maximum absolute atomic E-state index is 13.1. The molecule has 110 valence electrons. The van der Waals surface area contributed by atoms with Gasteiger partial charge in [-0.2, -0.15) is 13.2 Å². The molecule has 0 aromatic heterocycles. The summed E-state index contributed by atoms with van der Waals surface area (Å²) in [4.78, 5) is 9.84. The first kappa shape index (κ1) is 15.3. The van der Waals surface area contributed by atoms with Crippen molar-refractivity contribution >= 4 is 21.6 Å². The second-order valence-electron chi connectivity index (χ2n) is 3.94. The number of halogens is 4. The molecule has 0 saturated carbocycles. The van der Waals surface area contributed by atoms with Crippen LogP contribution in [0.15, 0.2) is 46.9 Å². The molecule has 0 unspecified atom stereocenters. The van der Waals surface area contributed by atoms with E-state index in [1.54, 1.807) is 18.2 Å². The molecule has 0 spiro atoms. The molecule has 21 heavy (non-hydrogen) atoms. The summed E-state index contributed by atoms with van der Waals surface area (Å²) in [6, 6.07) is 9.73. The van der Waals surface area contributed by atoms with Crippen LogP contribution in [0.4, 0.5) is 18.9 Å². The van der Waals surface area contributed by atoms with Crippen molar-refractivity contribution in [1.82, 2.24) is 0 Å². The van der Waals surface area contributed by atoms with Crippen LogP contribution in [0.25, 0.3) is 0 Å². The van der Waals surface area contributed by atoms with Crippen LogP contribution in [0.3, 0.4) is 0 Å². The van der Waals surface area contributed by atoms with Crippen molar-refractivity contribution in [3.8, 4) is 11.5 Å². The number of rotatable bonds is 3. The van der Waals surface area contributed by atoms with E-state index < -0.39 is 32.6 Å². The van der Waals surface area contributed by atoms with Gasteiger partial charge in [-0.05, 0) is 34.1 Å². The molecule has 4 nitrogen and oxygen atoms in total. The number of nitrogens with zero attached hydrogens (tertiary/aromatic N) is 1. The van der Waals surface area contributed by atoms with Gasteiger partial charge in [0.25, 0.3) is 5.69 Å². The summed E-state index contributed by atoms with van der Waals surface area (Å²) in [5.41, 5.74) is -1.90. The van der Waals surface area contributed by atoms with Crippen molar-refractivity contribution < 1.29 is 22.8 Å². The highest BCUT2D eigenvalue weighted by Gasteiger charge is 2.40. The monoisotopic (exact) mass is 361 g/mol. The Morgan fingerprint density at radius 1 is 1.10 bits per heavy atom. The zero-order chi connectivity index (χ0) is 15.6. The summed E-state index contributed by atoms with van der Waals surface area (Å²) in [5.74, 6) is -0.310. The molecular formula is C13H7BrF3NO3. The number of benzene rings is 2. The van der Waals surface area contributed by atoms with Crippen molar-refractivity contribution in [1.29, 1.82) is 0 Å². The fraction of sp³-hybridized carbons (Fsp3) is 0.0769. The Morgan fingerprint density at radius 3 is 2.24 bits per heavy atom. The molecule has 2 aromatic carbocycles. The summed E-state index contributed by atoms with van der Waals surface area (Å²) in [7, 11) is 0. The predicted octanol–water partition coefficient (Wildman–Crippen LogP) is 5.17. The Hall–Kier alpha value is -2.09. The minimum absolute atomic E-state index is 0.198. The van der Waals surface area contributed by atoms with Crippen molar-refractivity contribution in [2.24, 2.45) is 0 Å². The van der Waals surface area contributed by atoms with Gasteiger partial charge in [0.15, 0.2) is 0 Å². The first-order valence-electron chi connectivity index (χ1n) is 5.57. The van der Waals surface area contributed by atoms with E-state index in [1.807, 2.05) is 0 Å². The maximum atomic E-state index is 13.1. The Labute approximate surface area is 125 Å². The van der Waals surface area contributed by atoms with Gasteiger partial charge in [0.1, 0.15) is 21.5 Å². The summed E-state index contributed by atoms with van der Waals surface area (Å²) in [6.07, 6.45) is -4.80. The first-order valence-corrected chi connectivity index (χ1v) is 6.37. The predicted molar refractivity (Wildman–Crippen MR) is 72.3 cm³/mol. The summed E-state index contributed by atoms with van der Waals surface area (Å²) in [5, 5.41) is 10.7. The van der Waals surface area contributed by atoms with E-state index >= 15 is 0 Å². The lowest BCUT2D eigenvalue weighted by molar-refractivity contribution is -0.386. The average molecular weight is 362 g/mol. The van der Waals surface area contributed by atoms with E-state index in [4.69, 9.17) is 4.74 Å². The topological polar surface area (TPSA) is 52.4 Å². The molecule has 0 bridgehead atoms. The van der Waals surface area contributed by atoms with E-state index in [9.17, 15) is 23.3 Å². The highest BCUT2D eigenvalue weighted by atomic mass is 79.9. The Morgan fingerprint density at radius 2 is 1.71 bits per heavy atom. The lowest BCUT2D eigenvalue weighted by atomic mass is 10.1. The van der Waals surface area contributed by atoms with Gasteiger partial charge in [-0.25, -0.2) is 0 Å². The molecule has 2 aromatic rings. The van der Waals surface area contributed by atoms with Gasteiger partial charge in [-0.3, -0.25) is 10.1 Å². The molecule has 0 radical (unpaired) electrons. The zero-order valence-corrected chi connectivity index (χ0v) is 11.8. The molecule has 0 atom stereocenters. The molecule has 0 aliphatic heterocycles. The van der Waals surface area contributed by atoms with Crippen LogP contribution in [-0.4, -0.2) is 4.92 Å². The van der Waals surface area contributed by atoms with Crippen molar-refractivity contribution in [2.75, 3.05) is 0 Å². The highest BCUT2D eigenvalue weighted by Crippen LogP contribution is 2.46. The molecule has 0 amide bonds. The van der Waals surface area contributed by atoms with Gasteiger partial charge in [-0.1, -0.05) is 18.2 Å². The van der Waals surface area contributed by atoms with Gasteiger partial charge in [0.2, 0.25) is 0 Å². The van der Waals surface area contributed by atoms with Crippen LogP contribution >= 0.6 is 15.9 Å². The Bertz CT molecular complexity index is 674. The molecule has 0 saturated heterocycles. The number of nitro benzene ring substituents is 1. The second-order valence-corrected chi connectivity index (χ2v) is 4.73. The Kier molecular flexibility index (Phi) is 4.17. The van der Waals surface area contributed by atoms with Crippen LogP contribution in [-0.2, 0) is 6.18 Å². The van der Waals surface area contributed by atoms with Gasteiger partial charge in [-0.15, -0.1) is 0 Å². The van der Waals surface area contributed by atoms with E-state index in [0.29, 0.717) is 0 Å². The van der Waals surface area contributed by atoms with E-state index in [1.165, 1.54) is 12.1 Å². The SMILES string of the molecule is O=[N+]([O-])c1ccc(Oc2ccccc2)c(C(F)(F)F)c1Br. The number of nitro groups is 1. The van der Waals surface area contributed by atoms with Crippen LogP contribution < -0.4 is 4.74 Å². The van der Waals surface area contributed by atoms with Crippen LogP contribution in [0.2, 0.25) is 0 Å². The van der Waals surface area contributed by atoms with Gasteiger partial charge < -0.3 is 4.74 Å². The normalized spacial score (nSPS) is 11.2. The van der Waals surface area contributed by atoms with Crippen LogP contribution in [0.5, 0.6) is 11.5 Å². The fourth-order valence-electron chi connectivity index (χ4n) is 1.65. The van der Waals surface area contributed by atoms with E-state index in [2.05, 4.69) is 15.9 Å². The summed E-state index contributed by atoms with van der Waals surface area (Å²) >= 11 is 2.64. The third kappa shape index (κ3) is 3.33. The molecule has 0 fully saturated rings. The molecule has 0 heterocycles. The number of hydrogen-bond donors (Lipinski definition) is 0. The van der Waals surface area contributed by atoms with Crippen LogP contribution in [0.1, 0.15) is 5.56 Å². The summed E-state index contributed by atoms with van der Waals surface area (Å²) in [6.45, 7) is 0. The van der Waals surface area contributed by atoms with Crippen molar-refractivity contribution in [3.05, 3.63) is 62.6 Å². The number of para-hydroxylation sites is 1. The third-order valence-corrected chi connectivity index (χ3v) is 3.34. The minimum atomic E-state index is -4.80. The van der Waals surface area contributed by atoms with Gasteiger partial charge in [0.05, 0.1) is 4.92 Å². The minimum Gasteiger partial charge on any atom is -0.457 e. The smallest absolute Gasteiger partial charge is 0.421 e. The lowest BCUT2D eigenvalue weighted by Crippen LogP contribution is -2.09. The van der Waals surface area contributed by atoms with Gasteiger partial charge in [0, 0.05) is 6.07 Å². The molecule has 0 N–H and O–H groups in total. The van der Waals surface area contributed by atoms with E-state index in [-0.39, 0.29) is 5.75 Å². The molecule has 0 aliphatic carbocycles. The second kappa shape index (κ2) is 5.72.